The molecule has 2 aromatic rings. The highest BCUT2D eigenvalue weighted by molar-refractivity contribution is 7.99. The Morgan fingerprint density at radius 1 is 1.42 bits per heavy atom. The smallest absolute Gasteiger partial charge is 0.254 e. The van der Waals surface area contributed by atoms with Gasteiger partial charge < -0.3 is 5.32 Å². The van der Waals surface area contributed by atoms with Gasteiger partial charge in [-0.25, -0.2) is 9.97 Å². The highest BCUT2D eigenvalue weighted by atomic mass is 32.2. The van der Waals surface area contributed by atoms with Gasteiger partial charge in [0.15, 0.2) is 10.3 Å². The fourth-order valence-corrected chi connectivity index (χ4v) is 4.13. The minimum absolute atomic E-state index is 0.0972. The van der Waals surface area contributed by atoms with Crippen LogP contribution in [0.1, 0.15) is 31.3 Å². The van der Waals surface area contributed by atoms with E-state index in [1.54, 1.807) is 16.8 Å². The van der Waals surface area contributed by atoms with Gasteiger partial charge in [-0.05, 0) is 6.92 Å². The van der Waals surface area contributed by atoms with Gasteiger partial charge >= 0.3 is 0 Å². The first kappa shape index (κ1) is 17.2. The SMILES string of the molecule is Cc1cnc(NC(=O)[C@@H]2CSc3nc(C(C)(C)C)cc(=O)n3C2)s1. The number of aryl methyl sites for hydroxylation is 1. The molecule has 8 heteroatoms. The van der Waals surface area contributed by atoms with Gasteiger partial charge in [0.05, 0.1) is 11.6 Å². The molecule has 0 fully saturated rings. The summed E-state index contributed by atoms with van der Waals surface area (Å²) in [5.41, 5.74) is 0.513. The van der Waals surface area contributed by atoms with Crippen molar-refractivity contribution < 1.29 is 4.79 Å². The van der Waals surface area contributed by atoms with Gasteiger partial charge in [0.2, 0.25) is 5.91 Å². The predicted octanol–water partition coefficient (Wildman–Crippen LogP) is 2.67. The lowest BCUT2D eigenvalue weighted by Crippen LogP contribution is -2.37. The Balaban J connectivity index is 1.79. The van der Waals surface area contributed by atoms with Crippen LogP contribution >= 0.6 is 23.1 Å². The second-order valence-electron chi connectivity index (χ2n) is 6.90. The number of hydrogen-bond acceptors (Lipinski definition) is 6. The average molecular weight is 364 g/mol. The van der Waals surface area contributed by atoms with E-state index < -0.39 is 0 Å². The first-order valence-electron chi connectivity index (χ1n) is 7.72. The molecule has 2 aromatic heterocycles. The summed E-state index contributed by atoms with van der Waals surface area (Å²) in [6.45, 7) is 8.40. The van der Waals surface area contributed by atoms with Gasteiger partial charge in [0, 0.05) is 34.9 Å². The van der Waals surface area contributed by atoms with Crippen molar-refractivity contribution in [1.29, 1.82) is 0 Å². The summed E-state index contributed by atoms with van der Waals surface area (Å²) in [5, 5.41) is 4.13. The van der Waals surface area contributed by atoms with Crippen LogP contribution in [0, 0.1) is 12.8 Å². The summed E-state index contributed by atoms with van der Waals surface area (Å²) in [5.74, 6) is 0.233. The third-order valence-corrected chi connectivity index (χ3v) is 5.75. The molecule has 1 N–H and O–H groups in total. The summed E-state index contributed by atoms with van der Waals surface area (Å²) in [6, 6.07) is 1.58. The zero-order chi connectivity index (χ0) is 17.5. The molecule has 0 spiro atoms. The van der Waals surface area contributed by atoms with Gasteiger partial charge in [0.25, 0.3) is 5.56 Å². The molecule has 0 saturated heterocycles. The normalized spacial score (nSPS) is 17.4. The van der Waals surface area contributed by atoms with E-state index in [4.69, 9.17) is 0 Å². The van der Waals surface area contributed by atoms with Gasteiger partial charge in [-0.3, -0.25) is 14.2 Å². The molecule has 0 radical (unpaired) electrons. The Morgan fingerprint density at radius 3 is 2.79 bits per heavy atom. The zero-order valence-electron chi connectivity index (χ0n) is 14.1. The molecule has 24 heavy (non-hydrogen) atoms. The number of nitrogens with one attached hydrogen (secondary N) is 1. The third-order valence-electron chi connectivity index (χ3n) is 3.78. The molecule has 0 saturated carbocycles. The largest absolute Gasteiger partial charge is 0.302 e. The Morgan fingerprint density at radius 2 is 2.17 bits per heavy atom. The molecule has 3 heterocycles. The molecular formula is C16H20N4O2S2. The van der Waals surface area contributed by atoms with Crippen molar-refractivity contribution in [1.82, 2.24) is 14.5 Å². The summed E-state index contributed by atoms with van der Waals surface area (Å²) < 4.78 is 1.60. The number of carbonyl (C=O) groups excluding carboxylic acids is 1. The van der Waals surface area contributed by atoms with E-state index in [9.17, 15) is 9.59 Å². The van der Waals surface area contributed by atoms with Crippen molar-refractivity contribution in [3.63, 3.8) is 0 Å². The maximum absolute atomic E-state index is 12.4. The van der Waals surface area contributed by atoms with E-state index >= 15 is 0 Å². The van der Waals surface area contributed by atoms with Crippen LogP contribution < -0.4 is 10.9 Å². The summed E-state index contributed by atoms with van der Waals surface area (Å²) in [6.07, 6.45) is 1.73. The van der Waals surface area contributed by atoms with E-state index in [0.717, 1.165) is 10.6 Å². The monoisotopic (exact) mass is 364 g/mol. The van der Waals surface area contributed by atoms with Crippen molar-refractivity contribution in [2.24, 2.45) is 5.92 Å². The molecule has 6 nitrogen and oxygen atoms in total. The van der Waals surface area contributed by atoms with E-state index in [1.807, 2.05) is 27.7 Å². The van der Waals surface area contributed by atoms with Crippen LogP contribution in [0.2, 0.25) is 0 Å². The molecule has 0 aliphatic carbocycles. The quantitative estimate of drug-likeness (QED) is 0.829. The van der Waals surface area contributed by atoms with Crippen LogP contribution in [0.5, 0.6) is 0 Å². The van der Waals surface area contributed by atoms with E-state index in [0.29, 0.717) is 22.6 Å². The minimum Gasteiger partial charge on any atom is -0.302 e. The topological polar surface area (TPSA) is 76.9 Å². The fraction of sp³-hybridized carbons (Fsp3) is 0.500. The van der Waals surface area contributed by atoms with Crippen LogP contribution in [-0.2, 0) is 16.8 Å². The van der Waals surface area contributed by atoms with Crippen LogP contribution in [0.4, 0.5) is 5.13 Å². The standard InChI is InChI=1S/C16H20N4O2S2/c1-9-6-17-14(24-9)19-13(22)10-7-20-12(21)5-11(16(2,3)4)18-15(20)23-8-10/h5-6,10H,7-8H2,1-4H3,(H,17,19,22)/t10-/m0/s1. The minimum atomic E-state index is -0.272. The number of hydrogen-bond donors (Lipinski definition) is 1. The third kappa shape index (κ3) is 3.54. The number of fused-ring (bicyclic) bond motifs is 1. The molecule has 1 atom stereocenters. The molecule has 1 aliphatic heterocycles. The molecule has 0 unspecified atom stereocenters. The molecule has 0 bridgehead atoms. The lowest BCUT2D eigenvalue weighted by atomic mass is 9.92. The number of amides is 1. The van der Waals surface area contributed by atoms with Crippen molar-refractivity contribution >= 4 is 34.1 Å². The number of thioether (sulfide) groups is 1. The van der Waals surface area contributed by atoms with E-state index in [2.05, 4.69) is 15.3 Å². The predicted molar refractivity (Wildman–Crippen MR) is 96.9 cm³/mol. The van der Waals surface area contributed by atoms with Crippen molar-refractivity contribution in [3.8, 4) is 0 Å². The van der Waals surface area contributed by atoms with Gasteiger partial charge in [0.1, 0.15) is 0 Å². The highest BCUT2D eigenvalue weighted by Crippen LogP contribution is 2.28. The Bertz CT molecular complexity index is 835. The summed E-state index contributed by atoms with van der Waals surface area (Å²) in [7, 11) is 0. The lowest BCUT2D eigenvalue weighted by molar-refractivity contribution is -0.119. The number of aromatic nitrogens is 3. The first-order chi connectivity index (χ1) is 11.2. The number of thiazole rings is 1. The van der Waals surface area contributed by atoms with E-state index in [1.165, 1.54) is 23.1 Å². The lowest BCUT2D eigenvalue weighted by Gasteiger charge is -2.26. The van der Waals surface area contributed by atoms with Gasteiger partial charge in [-0.1, -0.05) is 32.5 Å². The van der Waals surface area contributed by atoms with Crippen molar-refractivity contribution in [2.75, 3.05) is 11.1 Å². The van der Waals surface area contributed by atoms with Crippen LogP contribution in [0.3, 0.4) is 0 Å². The number of nitrogens with zero attached hydrogens (tertiary/aromatic N) is 3. The Kier molecular flexibility index (Phi) is 4.52. The molecule has 1 aliphatic rings. The van der Waals surface area contributed by atoms with E-state index in [-0.39, 0.29) is 22.8 Å². The van der Waals surface area contributed by atoms with Crippen molar-refractivity contribution in [3.05, 3.63) is 33.2 Å². The highest BCUT2D eigenvalue weighted by Gasteiger charge is 2.29. The molecular weight excluding hydrogens is 344 g/mol. The molecule has 0 aromatic carbocycles. The fourth-order valence-electron chi connectivity index (χ4n) is 2.37. The zero-order valence-corrected chi connectivity index (χ0v) is 15.8. The number of anilines is 1. The van der Waals surface area contributed by atoms with Gasteiger partial charge in [-0.2, -0.15) is 0 Å². The Hall–Kier alpha value is -1.67. The van der Waals surface area contributed by atoms with Crippen LogP contribution in [-0.4, -0.2) is 26.2 Å². The molecule has 1 amide bonds. The second-order valence-corrected chi connectivity index (χ2v) is 9.12. The maximum Gasteiger partial charge on any atom is 0.254 e. The average Bonchev–Trinajstić information content (AvgIpc) is 2.91. The summed E-state index contributed by atoms with van der Waals surface area (Å²) in [4.78, 5) is 34.7. The maximum atomic E-state index is 12.4. The van der Waals surface area contributed by atoms with Crippen LogP contribution in [0.25, 0.3) is 0 Å². The van der Waals surface area contributed by atoms with Crippen LogP contribution in [0.15, 0.2) is 22.2 Å². The van der Waals surface area contributed by atoms with Gasteiger partial charge in [-0.15, -0.1) is 11.3 Å². The molecule has 3 rings (SSSR count). The molecule has 128 valence electrons. The number of carbonyl (C=O) groups is 1. The Labute approximate surface area is 148 Å². The summed E-state index contributed by atoms with van der Waals surface area (Å²) >= 11 is 2.90. The first-order valence-corrected chi connectivity index (χ1v) is 9.53. The van der Waals surface area contributed by atoms with Crippen molar-refractivity contribution in [2.45, 2.75) is 44.8 Å². The number of rotatable bonds is 2. The second kappa shape index (κ2) is 6.33.